The first-order chi connectivity index (χ1) is 8.64. The van der Waals surface area contributed by atoms with Gasteiger partial charge in [-0.2, -0.15) is 0 Å². The van der Waals surface area contributed by atoms with Crippen LogP contribution in [0, 0.1) is 0 Å². The van der Waals surface area contributed by atoms with E-state index in [0.29, 0.717) is 0 Å². The van der Waals surface area contributed by atoms with E-state index in [4.69, 9.17) is 15.3 Å². The molecule has 0 aliphatic heterocycles. The predicted octanol–water partition coefficient (Wildman–Crippen LogP) is -5.11. The van der Waals surface area contributed by atoms with Gasteiger partial charge in [0.2, 0.25) is 0 Å². The fourth-order valence-corrected chi connectivity index (χ4v) is 1.43. The first kappa shape index (κ1) is 18.6. The highest BCUT2D eigenvalue weighted by Gasteiger charge is 2.39. The van der Waals surface area contributed by atoms with Gasteiger partial charge in [0.05, 0.1) is 12.7 Å². The fraction of sp³-hybridized carbons (Fsp3) is 1.00. The molecule has 0 aromatic rings. The van der Waals surface area contributed by atoms with Crippen molar-refractivity contribution in [2.45, 2.75) is 55.8 Å². The zero-order valence-electron chi connectivity index (χ0n) is 10.4. The molecule has 0 aromatic carbocycles. The van der Waals surface area contributed by atoms with Crippen LogP contribution in [0.3, 0.4) is 0 Å². The minimum Gasteiger partial charge on any atom is -0.394 e. The Morgan fingerprint density at radius 2 is 0.895 bits per heavy atom. The summed E-state index contributed by atoms with van der Waals surface area (Å²) in [6, 6.07) is 0. The van der Waals surface area contributed by atoms with E-state index in [0.717, 1.165) is 6.92 Å². The van der Waals surface area contributed by atoms with Crippen molar-refractivity contribution in [3.63, 3.8) is 0 Å². The highest BCUT2D eigenvalue weighted by molar-refractivity contribution is 4.90. The Bertz CT molecular complexity index is 249. The summed E-state index contributed by atoms with van der Waals surface area (Å²) in [4.78, 5) is 0. The lowest BCUT2D eigenvalue weighted by Crippen LogP contribution is -2.56. The van der Waals surface area contributed by atoms with Crippen LogP contribution in [0.4, 0.5) is 0 Å². The van der Waals surface area contributed by atoms with Gasteiger partial charge in [-0.1, -0.05) is 0 Å². The van der Waals surface area contributed by atoms with Crippen molar-refractivity contribution < 1.29 is 46.0 Å². The Labute approximate surface area is 109 Å². The zero-order valence-corrected chi connectivity index (χ0v) is 10.4. The monoisotopic (exact) mass is 286 g/mol. The third-order valence-electron chi connectivity index (χ3n) is 2.83. The van der Waals surface area contributed by atoms with Crippen LogP contribution in [-0.4, -0.2) is 101 Å². The van der Waals surface area contributed by atoms with Crippen molar-refractivity contribution in [1.29, 1.82) is 0 Å². The SMILES string of the molecule is C[C@@H](O)[C@@H](O)[C@H](O)[C@H](O)[C@@H](O)[C@@H](O)[C@@H](O)[C@H](O)CO. The van der Waals surface area contributed by atoms with Crippen molar-refractivity contribution in [3.05, 3.63) is 0 Å². The number of hydrogen-bond donors (Lipinski definition) is 9. The Hall–Kier alpha value is -0.360. The van der Waals surface area contributed by atoms with Crippen molar-refractivity contribution in [1.82, 2.24) is 0 Å². The summed E-state index contributed by atoms with van der Waals surface area (Å²) in [5.41, 5.74) is 0. The zero-order chi connectivity index (χ0) is 15.3. The molecule has 0 fully saturated rings. The van der Waals surface area contributed by atoms with Gasteiger partial charge in [-0.15, -0.1) is 0 Å². The quantitative estimate of drug-likeness (QED) is 0.211. The topological polar surface area (TPSA) is 182 Å². The average molecular weight is 286 g/mol. The van der Waals surface area contributed by atoms with Crippen LogP contribution in [0.2, 0.25) is 0 Å². The molecule has 0 heterocycles. The van der Waals surface area contributed by atoms with Crippen LogP contribution in [0.5, 0.6) is 0 Å². The lowest BCUT2D eigenvalue weighted by molar-refractivity contribution is -0.178. The predicted molar refractivity (Wildman–Crippen MR) is 60.8 cm³/mol. The van der Waals surface area contributed by atoms with Crippen molar-refractivity contribution in [3.8, 4) is 0 Å². The minimum absolute atomic E-state index is 0.889. The van der Waals surface area contributed by atoms with Gasteiger partial charge in [0.1, 0.15) is 42.7 Å². The highest BCUT2D eigenvalue weighted by Crippen LogP contribution is 2.14. The molecule has 9 N–H and O–H groups in total. The summed E-state index contributed by atoms with van der Waals surface area (Å²) in [5.74, 6) is 0. The summed E-state index contributed by atoms with van der Waals surface area (Å²) in [6.45, 7) is 0.244. The van der Waals surface area contributed by atoms with E-state index in [1.807, 2.05) is 0 Å². The summed E-state index contributed by atoms with van der Waals surface area (Å²) in [6.07, 6.45) is -15.2. The molecule has 116 valence electrons. The van der Waals surface area contributed by atoms with Crippen LogP contribution >= 0.6 is 0 Å². The maximum Gasteiger partial charge on any atom is 0.111 e. The first-order valence-corrected chi connectivity index (χ1v) is 5.70. The molecule has 0 unspecified atom stereocenters. The number of aliphatic hydroxyl groups is 9. The van der Waals surface area contributed by atoms with Crippen LogP contribution in [0.1, 0.15) is 6.92 Å². The van der Waals surface area contributed by atoms with Gasteiger partial charge < -0.3 is 46.0 Å². The van der Waals surface area contributed by atoms with Crippen LogP contribution in [0.15, 0.2) is 0 Å². The molecule has 9 nitrogen and oxygen atoms in total. The van der Waals surface area contributed by atoms with Crippen molar-refractivity contribution in [2.75, 3.05) is 6.61 Å². The van der Waals surface area contributed by atoms with E-state index in [-0.39, 0.29) is 0 Å². The van der Waals surface area contributed by atoms with Gasteiger partial charge in [-0.3, -0.25) is 0 Å². The maximum absolute atomic E-state index is 9.50. The Balaban J connectivity index is 4.67. The third kappa shape index (κ3) is 4.91. The van der Waals surface area contributed by atoms with Gasteiger partial charge in [-0.05, 0) is 6.92 Å². The van der Waals surface area contributed by atoms with E-state index >= 15 is 0 Å². The molecule has 0 saturated carbocycles. The molecule has 0 aromatic heterocycles. The molecule has 9 heteroatoms. The normalized spacial score (nSPS) is 24.9. The van der Waals surface area contributed by atoms with Gasteiger partial charge in [0.15, 0.2) is 0 Å². The van der Waals surface area contributed by atoms with E-state index in [2.05, 4.69) is 0 Å². The first-order valence-electron chi connectivity index (χ1n) is 5.70. The van der Waals surface area contributed by atoms with Gasteiger partial charge >= 0.3 is 0 Å². The van der Waals surface area contributed by atoms with E-state index in [1.54, 1.807) is 0 Å². The smallest absolute Gasteiger partial charge is 0.111 e. The van der Waals surface area contributed by atoms with Crippen LogP contribution < -0.4 is 0 Å². The van der Waals surface area contributed by atoms with Crippen LogP contribution in [-0.2, 0) is 0 Å². The molecule has 0 spiro atoms. The average Bonchev–Trinajstić information content (AvgIpc) is 2.40. The van der Waals surface area contributed by atoms with Crippen LogP contribution in [0.25, 0.3) is 0 Å². The number of hydrogen-bond acceptors (Lipinski definition) is 9. The summed E-state index contributed by atoms with van der Waals surface area (Å²) in [5, 5.41) is 83.1. The second-order valence-electron chi connectivity index (χ2n) is 4.43. The molecular formula is C10H22O9. The van der Waals surface area contributed by atoms with Crippen molar-refractivity contribution >= 4 is 0 Å². The van der Waals surface area contributed by atoms with E-state index in [1.165, 1.54) is 0 Å². The van der Waals surface area contributed by atoms with Gasteiger partial charge in [0.25, 0.3) is 0 Å². The van der Waals surface area contributed by atoms with Gasteiger partial charge in [0, 0.05) is 0 Å². The standard InChI is InChI=1S/C10H22O9/c1-3(12)5(14)7(16)9(18)10(19)8(17)6(15)4(13)2-11/h3-19H,2H2,1H3/t3-,4-,5-,6+,7+,8+,9+,10+/m1/s1. The molecule has 0 aliphatic carbocycles. The second-order valence-corrected chi connectivity index (χ2v) is 4.43. The number of aliphatic hydroxyl groups excluding tert-OH is 9. The largest absolute Gasteiger partial charge is 0.394 e. The van der Waals surface area contributed by atoms with E-state index < -0.39 is 55.4 Å². The lowest BCUT2D eigenvalue weighted by atomic mass is 9.93. The number of rotatable bonds is 8. The van der Waals surface area contributed by atoms with Gasteiger partial charge in [-0.25, -0.2) is 0 Å². The molecule has 8 atom stereocenters. The molecule has 0 bridgehead atoms. The fourth-order valence-electron chi connectivity index (χ4n) is 1.43. The molecule has 0 saturated heterocycles. The molecule has 0 aliphatic rings. The Kier molecular flexibility index (Phi) is 7.89. The molecule has 0 radical (unpaired) electrons. The molecule has 19 heavy (non-hydrogen) atoms. The third-order valence-corrected chi connectivity index (χ3v) is 2.83. The Morgan fingerprint density at radius 3 is 1.21 bits per heavy atom. The molecule has 0 rings (SSSR count). The molecule has 0 amide bonds. The van der Waals surface area contributed by atoms with Crippen molar-refractivity contribution in [2.24, 2.45) is 0 Å². The summed E-state index contributed by atoms with van der Waals surface area (Å²) in [7, 11) is 0. The Morgan fingerprint density at radius 1 is 0.579 bits per heavy atom. The maximum atomic E-state index is 9.50. The second kappa shape index (κ2) is 8.04. The minimum atomic E-state index is -2.11. The lowest BCUT2D eigenvalue weighted by Gasteiger charge is -2.32. The summed E-state index contributed by atoms with van der Waals surface area (Å²) < 4.78 is 0. The highest BCUT2D eigenvalue weighted by atomic mass is 16.4. The summed E-state index contributed by atoms with van der Waals surface area (Å²) >= 11 is 0. The van der Waals surface area contributed by atoms with E-state index in [9.17, 15) is 30.6 Å². The molecular weight excluding hydrogens is 264 g/mol.